The highest BCUT2D eigenvalue weighted by Gasteiger charge is 2.00. The van der Waals surface area contributed by atoms with Gasteiger partial charge in [-0.1, -0.05) is 6.08 Å². The van der Waals surface area contributed by atoms with Crippen LogP contribution in [0.3, 0.4) is 0 Å². The van der Waals surface area contributed by atoms with Crippen molar-refractivity contribution in [3.8, 4) is 0 Å². The molecule has 0 aliphatic carbocycles. The zero-order valence-corrected chi connectivity index (χ0v) is 9.26. The van der Waals surface area contributed by atoms with Crippen molar-refractivity contribution >= 4 is 9.68 Å². The van der Waals surface area contributed by atoms with E-state index in [0.29, 0.717) is 22.9 Å². The number of nitrogens with zero attached hydrogens (tertiary/aromatic N) is 1. The van der Waals surface area contributed by atoms with Crippen LogP contribution >= 0.6 is 0 Å². The molecular weight excluding hydrogens is 170 g/mol. The maximum absolute atomic E-state index is 5.06. The lowest BCUT2D eigenvalue weighted by Crippen LogP contribution is -2.22. The Hall–Kier alpha value is -0.163. The van der Waals surface area contributed by atoms with Crippen molar-refractivity contribution in [2.45, 2.75) is 0 Å². The predicted octanol–water partition coefficient (Wildman–Crippen LogP) is 0.344. The molecule has 0 aliphatic rings. The van der Waals surface area contributed by atoms with Gasteiger partial charge in [0.2, 0.25) is 0 Å². The second-order valence-corrected chi connectivity index (χ2v) is 4.38. The average Bonchev–Trinajstić information content (AvgIpc) is 2.00. The first-order valence-corrected chi connectivity index (χ1v) is 4.76. The van der Waals surface area contributed by atoms with Gasteiger partial charge in [0.05, 0.1) is 13.2 Å². The largest absolute Gasteiger partial charge is 0.381 e. The van der Waals surface area contributed by atoms with Crippen LogP contribution in [0.4, 0.5) is 0 Å². The quantitative estimate of drug-likeness (QED) is 0.560. The fraction of sp³-hybridized carbons (Fsp3) is 0.750. The van der Waals surface area contributed by atoms with Gasteiger partial charge < -0.3 is 14.0 Å². The van der Waals surface area contributed by atoms with Crippen LogP contribution in [0.1, 0.15) is 0 Å². The summed E-state index contributed by atoms with van der Waals surface area (Å²) in [6.45, 7) is 1.36. The summed E-state index contributed by atoms with van der Waals surface area (Å²) in [6, 6.07) is 0. The summed E-state index contributed by atoms with van der Waals surface area (Å²) in [5.41, 5.74) is 0. The predicted molar refractivity (Wildman–Crippen MR) is 51.3 cm³/mol. The Morgan fingerprint density at radius 2 is 2.00 bits per heavy atom. The van der Waals surface area contributed by atoms with E-state index in [1.807, 2.05) is 0 Å². The molecule has 0 saturated carbocycles. The Balaban J connectivity index is 3.84. The summed E-state index contributed by atoms with van der Waals surface area (Å²) in [6.07, 6.45) is 2.07. The van der Waals surface area contributed by atoms with Crippen molar-refractivity contribution in [3.05, 3.63) is 11.3 Å². The second-order valence-electron chi connectivity index (χ2n) is 2.62. The lowest BCUT2D eigenvalue weighted by atomic mass is 10.5. The van der Waals surface area contributed by atoms with E-state index >= 15 is 0 Å². The molecule has 2 radical (unpaired) electrons. The van der Waals surface area contributed by atoms with E-state index in [1.165, 1.54) is 5.20 Å². The fourth-order valence-corrected chi connectivity index (χ4v) is 1.72. The van der Waals surface area contributed by atoms with E-state index in [2.05, 4.69) is 24.7 Å². The molecule has 0 aromatic rings. The molecule has 0 aliphatic heterocycles. The summed E-state index contributed by atoms with van der Waals surface area (Å²) in [5.74, 6) is 0. The third kappa shape index (κ3) is 6.54. The summed E-state index contributed by atoms with van der Waals surface area (Å²) in [4.78, 5) is 0. The van der Waals surface area contributed by atoms with E-state index in [9.17, 15) is 0 Å². The highest BCUT2D eigenvalue weighted by atomic mass is 28.2. The molecule has 0 unspecified atom stereocenters. The van der Waals surface area contributed by atoms with E-state index in [-0.39, 0.29) is 0 Å². The first kappa shape index (κ1) is 11.8. The van der Waals surface area contributed by atoms with Crippen LogP contribution in [0.25, 0.3) is 0 Å². The van der Waals surface area contributed by atoms with Gasteiger partial charge >= 0.3 is 0 Å². The van der Waals surface area contributed by atoms with Crippen LogP contribution in [-0.4, -0.2) is 55.8 Å². The van der Waals surface area contributed by atoms with Crippen molar-refractivity contribution in [2.75, 3.05) is 41.5 Å². The summed E-state index contributed by atoms with van der Waals surface area (Å²) < 4.78 is 12.2. The van der Waals surface area contributed by atoms with E-state index in [4.69, 9.17) is 9.47 Å². The molecular formula is C8H17NO2Si. The fourth-order valence-electron chi connectivity index (χ4n) is 0.763. The molecule has 0 spiro atoms. The number of hydrogen-bond acceptors (Lipinski definition) is 3. The van der Waals surface area contributed by atoms with E-state index in [1.54, 1.807) is 14.2 Å². The van der Waals surface area contributed by atoms with Crippen molar-refractivity contribution in [2.24, 2.45) is 0 Å². The Bertz CT molecular complexity index is 137. The van der Waals surface area contributed by atoms with Gasteiger partial charge in [0, 0.05) is 14.2 Å². The Kier molecular flexibility index (Phi) is 7.38. The van der Waals surface area contributed by atoms with Gasteiger partial charge in [0.15, 0.2) is 9.68 Å². The lowest BCUT2D eigenvalue weighted by Gasteiger charge is -2.10. The molecule has 0 bridgehead atoms. The number of hydrogen-bond donors (Lipinski definition) is 0. The second kappa shape index (κ2) is 7.48. The average molecular weight is 187 g/mol. The Morgan fingerprint density at radius 3 is 2.42 bits per heavy atom. The van der Waals surface area contributed by atoms with Gasteiger partial charge in [-0.2, -0.15) is 0 Å². The molecule has 12 heavy (non-hydrogen) atoms. The van der Waals surface area contributed by atoms with E-state index < -0.39 is 0 Å². The third-order valence-corrected chi connectivity index (χ3v) is 2.25. The van der Waals surface area contributed by atoms with Crippen molar-refractivity contribution < 1.29 is 9.47 Å². The van der Waals surface area contributed by atoms with Gasteiger partial charge in [-0.3, -0.25) is 0 Å². The van der Waals surface area contributed by atoms with Gasteiger partial charge in [-0.05, 0) is 19.3 Å². The summed E-state index contributed by atoms with van der Waals surface area (Å²) >= 11 is 0. The standard InChI is InChI=1S/C8H17NO2Si/c1-9(2)12-8(7-11-4)5-6-10-3/h5H,6-7H2,1-4H3. The number of rotatable bonds is 6. The van der Waals surface area contributed by atoms with Crippen LogP contribution in [-0.2, 0) is 9.47 Å². The molecule has 3 nitrogen and oxygen atoms in total. The molecule has 0 fully saturated rings. The number of ether oxygens (including phenoxy) is 2. The summed E-state index contributed by atoms with van der Waals surface area (Å²) in [7, 11) is 8.19. The molecule has 4 heteroatoms. The molecule has 0 aromatic carbocycles. The number of methoxy groups -OCH3 is 2. The molecule has 0 amide bonds. The SMILES string of the molecule is COCC=C(COC)[Si]N(C)C. The zero-order chi connectivity index (χ0) is 9.40. The van der Waals surface area contributed by atoms with Crippen LogP contribution in [0.2, 0.25) is 0 Å². The summed E-state index contributed by atoms with van der Waals surface area (Å²) in [5, 5.41) is 1.28. The first-order chi connectivity index (χ1) is 5.70. The van der Waals surface area contributed by atoms with Crippen LogP contribution in [0.5, 0.6) is 0 Å². The van der Waals surface area contributed by atoms with Crippen LogP contribution < -0.4 is 0 Å². The topological polar surface area (TPSA) is 21.7 Å². The van der Waals surface area contributed by atoms with Gasteiger partial charge in [0.25, 0.3) is 0 Å². The maximum Gasteiger partial charge on any atom is 0.179 e. The van der Waals surface area contributed by atoms with Crippen molar-refractivity contribution in [1.82, 2.24) is 4.57 Å². The van der Waals surface area contributed by atoms with Crippen LogP contribution in [0.15, 0.2) is 11.3 Å². The Morgan fingerprint density at radius 1 is 1.33 bits per heavy atom. The zero-order valence-electron chi connectivity index (χ0n) is 8.26. The van der Waals surface area contributed by atoms with Gasteiger partial charge in [-0.15, -0.1) is 0 Å². The highest BCUT2D eigenvalue weighted by molar-refractivity contribution is 6.42. The van der Waals surface area contributed by atoms with Crippen LogP contribution in [0, 0.1) is 0 Å². The maximum atomic E-state index is 5.06. The van der Waals surface area contributed by atoms with E-state index in [0.717, 1.165) is 0 Å². The monoisotopic (exact) mass is 187 g/mol. The molecule has 0 saturated heterocycles. The van der Waals surface area contributed by atoms with Crippen molar-refractivity contribution in [3.63, 3.8) is 0 Å². The minimum absolute atomic E-state index is 0.666. The molecule has 70 valence electrons. The first-order valence-electron chi connectivity index (χ1n) is 3.81. The molecule has 0 heterocycles. The van der Waals surface area contributed by atoms with Gasteiger partial charge in [-0.25, -0.2) is 0 Å². The highest BCUT2D eigenvalue weighted by Crippen LogP contribution is 1.94. The smallest absolute Gasteiger partial charge is 0.179 e. The minimum atomic E-state index is 0.666. The van der Waals surface area contributed by atoms with Gasteiger partial charge in [0.1, 0.15) is 0 Å². The normalized spacial score (nSPS) is 12.6. The molecule has 0 aromatic heterocycles. The molecule has 0 atom stereocenters. The lowest BCUT2D eigenvalue weighted by molar-refractivity contribution is 0.220. The van der Waals surface area contributed by atoms with Crippen molar-refractivity contribution in [1.29, 1.82) is 0 Å². The minimum Gasteiger partial charge on any atom is -0.381 e. The third-order valence-electron chi connectivity index (χ3n) is 1.16. The molecule has 0 rings (SSSR count). The Labute approximate surface area is 77.2 Å². The molecule has 0 N–H and O–H groups in total.